The molecule has 0 fully saturated rings. The van der Waals surface area contributed by atoms with E-state index in [4.69, 9.17) is 0 Å². The van der Waals surface area contributed by atoms with Crippen molar-refractivity contribution in [1.82, 2.24) is 0 Å². The predicted octanol–water partition coefficient (Wildman–Crippen LogP) is 4.02. The van der Waals surface area contributed by atoms with Crippen LogP contribution in [0.25, 0.3) is 5.20 Å². The number of allylic oxidation sites excluding steroid dienone is 2. The van der Waals surface area contributed by atoms with Crippen molar-refractivity contribution >= 4 is 19.2 Å². The smallest absolute Gasteiger partial charge is 0.0885 e. The minimum absolute atomic E-state index is 1.17. The van der Waals surface area contributed by atoms with E-state index in [1.165, 1.54) is 23.6 Å². The van der Waals surface area contributed by atoms with E-state index < -0.39 is 8.80 Å². The molecular weight excluding hydrogens is 256 g/mol. The fraction of sp³-hybridized carbons (Fsp3) is 0.158. The molecule has 1 heterocycles. The second-order valence-electron chi connectivity index (χ2n) is 5.30. The highest BCUT2D eigenvalue weighted by Crippen LogP contribution is 2.30. The van der Waals surface area contributed by atoms with Crippen molar-refractivity contribution < 1.29 is 0 Å². The normalized spacial score (nSPS) is 17.8. The molecule has 20 heavy (non-hydrogen) atoms. The summed E-state index contributed by atoms with van der Waals surface area (Å²) in [5.41, 5.74) is 5.46. The summed E-state index contributed by atoms with van der Waals surface area (Å²) >= 11 is 0. The maximum absolute atomic E-state index is 2.49. The van der Waals surface area contributed by atoms with Gasteiger partial charge in [0.2, 0.25) is 0 Å². The molecule has 0 bridgehead atoms. The summed E-state index contributed by atoms with van der Waals surface area (Å²) in [7, 11) is -1.17. The highest BCUT2D eigenvalue weighted by molar-refractivity contribution is 6.94. The highest BCUT2D eigenvalue weighted by Gasteiger charge is 2.24. The third kappa shape index (κ3) is 2.54. The quantitative estimate of drug-likeness (QED) is 0.740. The minimum Gasteiger partial charge on any atom is -0.0885 e. The summed E-state index contributed by atoms with van der Waals surface area (Å²) in [4.78, 5) is 0. The lowest BCUT2D eigenvalue weighted by molar-refractivity contribution is 0.932. The highest BCUT2D eigenvalue weighted by atomic mass is 28.3. The van der Waals surface area contributed by atoms with E-state index >= 15 is 0 Å². The van der Waals surface area contributed by atoms with E-state index in [1.807, 2.05) is 0 Å². The average molecular weight is 276 g/mol. The lowest BCUT2D eigenvalue weighted by atomic mass is 10.1. The Kier molecular flexibility index (Phi) is 3.98. The van der Waals surface area contributed by atoms with Crippen molar-refractivity contribution in [3.63, 3.8) is 0 Å². The number of benzene rings is 2. The molecule has 2 aromatic carbocycles. The monoisotopic (exact) mass is 276 g/mol. The zero-order valence-electron chi connectivity index (χ0n) is 11.9. The van der Waals surface area contributed by atoms with Crippen molar-refractivity contribution in [2.45, 2.75) is 19.8 Å². The first-order chi connectivity index (χ1) is 9.90. The average Bonchev–Trinajstić information content (AvgIpc) is 2.93. The number of rotatable bonds is 4. The molecule has 0 aliphatic carbocycles. The van der Waals surface area contributed by atoms with Crippen molar-refractivity contribution in [2.75, 3.05) is 0 Å². The van der Waals surface area contributed by atoms with Gasteiger partial charge in [-0.3, -0.25) is 0 Å². The van der Waals surface area contributed by atoms with Gasteiger partial charge >= 0.3 is 0 Å². The first-order valence-electron chi connectivity index (χ1n) is 7.41. The second kappa shape index (κ2) is 6.06. The maximum atomic E-state index is 2.49. The van der Waals surface area contributed by atoms with Crippen molar-refractivity contribution in [3.8, 4) is 0 Å². The van der Waals surface area contributed by atoms with Crippen molar-refractivity contribution in [2.24, 2.45) is 0 Å². The van der Waals surface area contributed by atoms with E-state index in [0.717, 1.165) is 0 Å². The Labute approximate surface area is 123 Å². The molecule has 100 valence electrons. The van der Waals surface area contributed by atoms with Crippen LogP contribution in [0.3, 0.4) is 0 Å². The molecule has 0 radical (unpaired) electrons. The van der Waals surface area contributed by atoms with Crippen LogP contribution in [0.2, 0.25) is 0 Å². The summed E-state index contributed by atoms with van der Waals surface area (Å²) in [5, 5.41) is 3.15. The Bertz CT molecular complexity index is 623. The lowest BCUT2D eigenvalue weighted by Gasteiger charge is -2.15. The molecule has 0 nitrogen and oxygen atoms in total. The molecule has 0 saturated heterocycles. The van der Waals surface area contributed by atoms with Crippen LogP contribution in [0.15, 0.2) is 78.0 Å². The van der Waals surface area contributed by atoms with Crippen LogP contribution >= 0.6 is 0 Å². The van der Waals surface area contributed by atoms with Gasteiger partial charge in [-0.1, -0.05) is 91.0 Å². The molecular formula is C19H20Si. The number of hydrogen-bond acceptors (Lipinski definition) is 0. The summed E-state index contributed by atoms with van der Waals surface area (Å²) in [5.74, 6) is 0. The predicted molar refractivity (Wildman–Crippen MR) is 90.6 cm³/mol. The minimum atomic E-state index is -1.17. The van der Waals surface area contributed by atoms with Crippen LogP contribution in [-0.2, 0) is 0 Å². The third-order valence-corrected chi connectivity index (χ3v) is 6.92. The van der Waals surface area contributed by atoms with Gasteiger partial charge in [0.15, 0.2) is 0 Å². The Hall–Kier alpha value is -1.86. The van der Waals surface area contributed by atoms with Crippen molar-refractivity contribution in [1.29, 1.82) is 0 Å². The molecule has 1 unspecified atom stereocenters. The Morgan fingerprint density at radius 2 is 1.50 bits per heavy atom. The van der Waals surface area contributed by atoms with Gasteiger partial charge in [-0.25, -0.2) is 0 Å². The summed E-state index contributed by atoms with van der Waals surface area (Å²) < 4.78 is 0. The van der Waals surface area contributed by atoms with Crippen LogP contribution < -0.4 is 5.19 Å². The van der Waals surface area contributed by atoms with Crippen LogP contribution in [0.5, 0.6) is 0 Å². The van der Waals surface area contributed by atoms with Gasteiger partial charge in [0.05, 0.1) is 0 Å². The van der Waals surface area contributed by atoms with Gasteiger partial charge in [-0.2, -0.15) is 0 Å². The molecule has 0 amide bonds. The Balaban J connectivity index is 2.06. The molecule has 1 atom stereocenters. The van der Waals surface area contributed by atoms with E-state index in [2.05, 4.69) is 79.4 Å². The fourth-order valence-electron chi connectivity index (χ4n) is 3.01. The van der Waals surface area contributed by atoms with Gasteiger partial charge in [-0.05, 0) is 22.8 Å². The molecule has 1 heteroatoms. The molecule has 0 N–H and O–H groups in total. The zero-order chi connectivity index (χ0) is 13.8. The van der Waals surface area contributed by atoms with Gasteiger partial charge in [0.25, 0.3) is 0 Å². The Morgan fingerprint density at radius 1 is 0.850 bits per heavy atom. The van der Waals surface area contributed by atoms with Crippen LogP contribution in [0, 0.1) is 0 Å². The lowest BCUT2D eigenvalue weighted by Crippen LogP contribution is -2.28. The Morgan fingerprint density at radius 3 is 2.15 bits per heavy atom. The van der Waals surface area contributed by atoms with Gasteiger partial charge in [-0.15, -0.1) is 0 Å². The van der Waals surface area contributed by atoms with Crippen LogP contribution in [0.4, 0.5) is 0 Å². The van der Waals surface area contributed by atoms with Crippen LogP contribution in [-0.4, -0.2) is 8.80 Å². The van der Waals surface area contributed by atoms with Gasteiger partial charge in [0, 0.05) is 0 Å². The fourth-order valence-corrected chi connectivity index (χ4v) is 6.01. The molecule has 3 rings (SSSR count). The second-order valence-corrected chi connectivity index (χ2v) is 7.89. The first-order valence-corrected chi connectivity index (χ1v) is 9.24. The summed E-state index contributed by atoms with van der Waals surface area (Å²) in [6, 6.07) is 22.0. The molecule has 0 aromatic heterocycles. The molecule has 1 aliphatic rings. The van der Waals surface area contributed by atoms with Gasteiger partial charge in [0.1, 0.15) is 8.80 Å². The standard InChI is InChI=1S/C19H20Si/c1-2-9-16-14-15-20(18-12-7-4-8-13-18)19(16)17-10-5-3-6-11-17/h3-8,10-15,20H,2,9H2,1H3. The summed E-state index contributed by atoms with van der Waals surface area (Å²) in [6.45, 7) is 2.26. The zero-order valence-corrected chi connectivity index (χ0v) is 13.1. The summed E-state index contributed by atoms with van der Waals surface area (Å²) in [6.07, 6.45) is 4.79. The largest absolute Gasteiger partial charge is 0.126 e. The maximum Gasteiger partial charge on any atom is 0.126 e. The van der Waals surface area contributed by atoms with E-state index in [0.29, 0.717) is 0 Å². The topological polar surface area (TPSA) is 0 Å². The SMILES string of the molecule is CCCC1=C(c2ccccc2)[SiH](c2ccccc2)C=C1. The molecule has 1 aliphatic heterocycles. The van der Waals surface area contributed by atoms with Crippen LogP contribution in [0.1, 0.15) is 25.3 Å². The van der Waals surface area contributed by atoms with Gasteiger partial charge < -0.3 is 0 Å². The number of hydrogen-bond donors (Lipinski definition) is 0. The van der Waals surface area contributed by atoms with E-state index in [1.54, 1.807) is 10.8 Å². The first kappa shape index (κ1) is 13.1. The third-order valence-electron chi connectivity index (χ3n) is 3.91. The molecule has 0 spiro atoms. The van der Waals surface area contributed by atoms with E-state index in [9.17, 15) is 0 Å². The molecule has 2 aromatic rings. The molecule has 0 saturated carbocycles. The van der Waals surface area contributed by atoms with E-state index in [-0.39, 0.29) is 0 Å². The van der Waals surface area contributed by atoms with Crippen molar-refractivity contribution in [3.05, 3.63) is 83.6 Å².